The molecule has 1 saturated carbocycles. The summed E-state index contributed by atoms with van der Waals surface area (Å²) in [6.45, 7) is 8.68. The third-order valence-electron chi connectivity index (χ3n) is 4.16. The van der Waals surface area contributed by atoms with Crippen LogP contribution in [0, 0.1) is 5.41 Å². The highest BCUT2D eigenvalue weighted by Gasteiger charge is 2.34. The fourth-order valence-electron chi connectivity index (χ4n) is 2.55. The molecular weight excluding hydrogens is 210 g/mol. The normalized spacial score (nSPS) is 18.4. The first-order valence-electron chi connectivity index (χ1n) is 6.90. The van der Waals surface area contributed by atoms with Gasteiger partial charge in [-0.2, -0.15) is 5.10 Å². The van der Waals surface area contributed by atoms with Crippen molar-refractivity contribution in [3.05, 3.63) is 18.0 Å². The SMILES string of the molecule is CCC1(CNCc2ccn(C(C)C)n2)CCC1. The van der Waals surface area contributed by atoms with Gasteiger partial charge in [0, 0.05) is 25.3 Å². The molecule has 1 aliphatic carbocycles. The van der Waals surface area contributed by atoms with Crippen molar-refractivity contribution in [1.82, 2.24) is 15.1 Å². The number of rotatable bonds is 6. The van der Waals surface area contributed by atoms with Crippen LogP contribution in [0.1, 0.15) is 58.2 Å². The summed E-state index contributed by atoms with van der Waals surface area (Å²) in [6, 6.07) is 2.57. The van der Waals surface area contributed by atoms with E-state index in [1.807, 2.05) is 4.68 Å². The van der Waals surface area contributed by atoms with Crippen LogP contribution in [0.4, 0.5) is 0 Å². The van der Waals surface area contributed by atoms with E-state index in [2.05, 4.69) is 43.4 Å². The van der Waals surface area contributed by atoms with Gasteiger partial charge < -0.3 is 5.32 Å². The minimum absolute atomic E-state index is 0.456. The van der Waals surface area contributed by atoms with E-state index >= 15 is 0 Å². The number of hydrogen-bond donors (Lipinski definition) is 1. The summed E-state index contributed by atoms with van der Waals surface area (Å²) in [7, 11) is 0. The average molecular weight is 235 g/mol. The first kappa shape index (κ1) is 12.6. The van der Waals surface area contributed by atoms with Crippen molar-refractivity contribution in [3.8, 4) is 0 Å². The van der Waals surface area contributed by atoms with E-state index in [1.165, 1.54) is 25.7 Å². The van der Waals surface area contributed by atoms with Crippen LogP contribution >= 0.6 is 0 Å². The topological polar surface area (TPSA) is 29.9 Å². The second-order valence-corrected chi connectivity index (χ2v) is 5.69. The fraction of sp³-hybridized carbons (Fsp3) is 0.786. The zero-order chi connectivity index (χ0) is 12.3. The maximum absolute atomic E-state index is 4.55. The summed E-state index contributed by atoms with van der Waals surface area (Å²) in [5, 5.41) is 8.12. The molecule has 0 amide bonds. The molecule has 2 rings (SSSR count). The van der Waals surface area contributed by atoms with E-state index in [0.717, 1.165) is 18.8 Å². The molecular formula is C14H25N3. The molecule has 0 radical (unpaired) electrons. The minimum Gasteiger partial charge on any atom is -0.311 e. The molecule has 3 nitrogen and oxygen atoms in total. The molecule has 0 aliphatic heterocycles. The Kier molecular flexibility index (Phi) is 3.87. The Labute approximate surface area is 105 Å². The van der Waals surface area contributed by atoms with Crippen molar-refractivity contribution >= 4 is 0 Å². The summed E-state index contributed by atoms with van der Waals surface area (Å²) in [4.78, 5) is 0. The van der Waals surface area contributed by atoms with Gasteiger partial charge >= 0.3 is 0 Å². The van der Waals surface area contributed by atoms with Crippen LogP contribution in [0.5, 0.6) is 0 Å². The summed E-state index contributed by atoms with van der Waals surface area (Å²) in [5.41, 5.74) is 1.75. The van der Waals surface area contributed by atoms with E-state index in [0.29, 0.717) is 11.5 Å². The highest BCUT2D eigenvalue weighted by Crippen LogP contribution is 2.43. The third-order valence-corrected chi connectivity index (χ3v) is 4.16. The smallest absolute Gasteiger partial charge is 0.0762 e. The van der Waals surface area contributed by atoms with Crippen molar-refractivity contribution in [1.29, 1.82) is 0 Å². The first-order chi connectivity index (χ1) is 8.15. The Morgan fingerprint density at radius 3 is 2.71 bits per heavy atom. The van der Waals surface area contributed by atoms with Crippen LogP contribution in [-0.2, 0) is 6.54 Å². The third kappa shape index (κ3) is 2.89. The number of hydrogen-bond acceptors (Lipinski definition) is 2. The van der Waals surface area contributed by atoms with E-state index in [4.69, 9.17) is 0 Å². The molecule has 96 valence electrons. The van der Waals surface area contributed by atoms with E-state index < -0.39 is 0 Å². The van der Waals surface area contributed by atoms with Gasteiger partial charge in [0.2, 0.25) is 0 Å². The zero-order valence-electron chi connectivity index (χ0n) is 11.4. The van der Waals surface area contributed by atoms with Crippen LogP contribution in [0.25, 0.3) is 0 Å². The maximum atomic E-state index is 4.55. The Balaban J connectivity index is 1.77. The first-order valence-corrected chi connectivity index (χ1v) is 6.90. The molecule has 0 saturated heterocycles. The highest BCUT2D eigenvalue weighted by molar-refractivity contribution is 4.99. The summed E-state index contributed by atoms with van der Waals surface area (Å²) < 4.78 is 2.02. The maximum Gasteiger partial charge on any atom is 0.0762 e. The van der Waals surface area contributed by atoms with E-state index in [-0.39, 0.29) is 0 Å². The Morgan fingerprint density at radius 2 is 2.24 bits per heavy atom. The summed E-state index contributed by atoms with van der Waals surface area (Å²) in [5.74, 6) is 0. The zero-order valence-corrected chi connectivity index (χ0v) is 11.4. The van der Waals surface area contributed by atoms with Crippen molar-refractivity contribution in [2.45, 2.75) is 59.0 Å². The van der Waals surface area contributed by atoms with Gasteiger partial charge in [0.25, 0.3) is 0 Å². The molecule has 1 N–H and O–H groups in total. The molecule has 1 aromatic heterocycles. The van der Waals surface area contributed by atoms with Crippen LogP contribution < -0.4 is 5.32 Å². The van der Waals surface area contributed by atoms with E-state index in [1.54, 1.807) is 0 Å². The minimum atomic E-state index is 0.456. The van der Waals surface area contributed by atoms with Crippen LogP contribution in [-0.4, -0.2) is 16.3 Å². The lowest BCUT2D eigenvalue weighted by atomic mass is 9.67. The highest BCUT2D eigenvalue weighted by atomic mass is 15.3. The quantitative estimate of drug-likeness (QED) is 0.821. The molecule has 0 unspecified atom stereocenters. The van der Waals surface area contributed by atoms with Crippen molar-refractivity contribution < 1.29 is 0 Å². The molecule has 1 aromatic rings. The second-order valence-electron chi connectivity index (χ2n) is 5.69. The predicted molar refractivity (Wildman–Crippen MR) is 70.9 cm³/mol. The number of nitrogens with zero attached hydrogens (tertiary/aromatic N) is 2. The molecule has 1 aliphatic rings. The predicted octanol–water partition coefficient (Wildman–Crippen LogP) is 3.13. The van der Waals surface area contributed by atoms with Crippen LogP contribution in [0.15, 0.2) is 12.3 Å². The average Bonchev–Trinajstić information content (AvgIpc) is 2.71. The van der Waals surface area contributed by atoms with Gasteiger partial charge in [0.1, 0.15) is 0 Å². The molecule has 1 fully saturated rings. The Hall–Kier alpha value is -0.830. The lowest BCUT2D eigenvalue weighted by Crippen LogP contribution is -2.39. The molecule has 1 heterocycles. The van der Waals surface area contributed by atoms with Gasteiger partial charge in [0.15, 0.2) is 0 Å². The summed E-state index contributed by atoms with van der Waals surface area (Å²) >= 11 is 0. The molecule has 0 spiro atoms. The van der Waals surface area contributed by atoms with Crippen LogP contribution in [0.2, 0.25) is 0 Å². The van der Waals surface area contributed by atoms with E-state index in [9.17, 15) is 0 Å². The molecule has 0 atom stereocenters. The van der Waals surface area contributed by atoms with Crippen molar-refractivity contribution in [2.24, 2.45) is 5.41 Å². The summed E-state index contributed by atoms with van der Waals surface area (Å²) in [6.07, 6.45) is 7.59. The monoisotopic (exact) mass is 235 g/mol. The van der Waals surface area contributed by atoms with Gasteiger partial charge in [-0.05, 0) is 44.6 Å². The fourth-order valence-corrected chi connectivity index (χ4v) is 2.55. The Bertz CT molecular complexity index is 345. The van der Waals surface area contributed by atoms with Crippen molar-refractivity contribution in [2.75, 3.05) is 6.54 Å². The van der Waals surface area contributed by atoms with Gasteiger partial charge in [-0.15, -0.1) is 0 Å². The van der Waals surface area contributed by atoms with Gasteiger partial charge in [0.05, 0.1) is 5.69 Å². The van der Waals surface area contributed by atoms with Gasteiger partial charge in [-0.3, -0.25) is 4.68 Å². The second kappa shape index (κ2) is 5.21. The largest absolute Gasteiger partial charge is 0.311 e. The number of aromatic nitrogens is 2. The van der Waals surface area contributed by atoms with Gasteiger partial charge in [-0.1, -0.05) is 13.3 Å². The van der Waals surface area contributed by atoms with Gasteiger partial charge in [-0.25, -0.2) is 0 Å². The standard InChI is InChI=1S/C14H25N3/c1-4-14(7-5-8-14)11-15-10-13-6-9-17(16-13)12(2)3/h6,9,12,15H,4-5,7-8,10-11H2,1-3H3. The molecule has 0 bridgehead atoms. The number of nitrogens with one attached hydrogen (secondary N) is 1. The molecule has 0 aromatic carbocycles. The molecule has 3 heteroatoms. The lowest BCUT2D eigenvalue weighted by molar-refractivity contribution is 0.123. The van der Waals surface area contributed by atoms with Crippen LogP contribution in [0.3, 0.4) is 0 Å². The lowest BCUT2D eigenvalue weighted by Gasteiger charge is -2.41. The molecule has 17 heavy (non-hydrogen) atoms. The Morgan fingerprint density at radius 1 is 1.47 bits per heavy atom. The van der Waals surface area contributed by atoms with Crippen molar-refractivity contribution in [3.63, 3.8) is 0 Å².